The molecule has 0 unspecified atom stereocenters. The number of hydrogen-bond donors (Lipinski definition) is 1. The van der Waals surface area contributed by atoms with Crippen molar-refractivity contribution in [2.45, 2.75) is 12.8 Å². The van der Waals surface area contributed by atoms with Gasteiger partial charge in [-0.1, -0.05) is 12.1 Å². The van der Waals surface area contributed by atoms with Gasteiger partial charge in [-0.25, -0.2) is 4.98 Å². The molecule has 1 aromatic heterocycles. The molecule has 4 nitrogen and oxygen atoms in total. The summed E-state index contributed by atoms with van der Waals surface area (Å²) in [5, 5.41) is 9.12. The van der Waals surface area contributed by atoms with E-state index in [0.717, 1.165) is 11.8 Å². The second-order valence-corrected chi connectivity index (χ2v) is 3.45. The number of oxazole rings is 1. The SMILES string of the molecule is O=CCc1coc(Cc2ccc(O)cc2)n1. The number of aromatic hydroxyl groups is 1. The van der Waals surface area contributed by atoms with Crippen molar-refractivity contribution >= 4 is 6.29 Å². The number of carbonyl (C=O) groups is 1. The van der Waals surface area contributed by atoms with Crippen molar-refractivity contribution in [2.24, 2.45) is 0 Å². The van der Waals surface area contributed by atoms with Crippen molar-refractivity contribution in [3.05, 3.63) is 47.7 Å². The minimum Gasteiger partial charge on any atom is -0.508 e. The Balaban J connectivity index is 2.08. The molecule has 0 amide bonds. The third kappa shape index (κ3) is 2.48. The number of nitrogens with zero attached hydrogens (tertiary/aromatic N) is 1. The summed E-state index contributed by atoms with van der Waals surface area (Å²) in [6.45, 7) is 0. The molecule has 16 heavy (non-hydrogen) atoms. The van der Waals surface area contributed by atoms with Crippen molar-refractivity contribution in [2.75, 3.05) is 0 Å². The van der Waals surface area contributed by atoms with Crippen LogP contribution < -0.4 is 0 Å². The normalized spacial score (nSPS) is 10.2. The molecule has 0 aliphatic carbocycles. The summed E-state index contributed by atoms with van der Waals surface area (Å²) in [6.07, 6.45) is 3.12. The first-order valence-corrected chi connectivity index (χ1v) is 4.93. The van der Waals surface area contributed by atoms with E-state index in [1.54, 1.807) is 24.3 Å². The maximum absolute atomic E-state index is 10.3. The number of benzene rings is 1. The van der Waals surface area contributed by atoms with Crippen LogP contribution in [0.1, 0.15) is 17.1 Å². The van der Waals surface area contributed by atoms with E-state index in [2.05, 4.69) is 4.98 Å². The van der Waals surface area contributed by atoms with Gasteiger partial charge in [0.15, 0.2) is 5.89 Å². The second-order valence-electron chi connectivity index (χ2n) is 3.45. The van der Waals surface area contributed by atoms with Crippen LogP contribution in [0.2, 0.25) is 0 Å². The number of rotatable bonds is 4. The van der Waals surface area contributed by atoms with Crippen molar-refractivity contribution in [1.29, 1.82) is 0 Å². The average molecular weight is 217 g/mol. The van der Waals surface area contributed by atoms with Crippen molar-refractivity contribution in [3.8, 4) is 5.75 Å². The Morgan fingerprint density at radius 3 is 2.75 bits per heavy atom. The summed E-state index contributed by atoms with van der Waals surface area (Å²) in [4.78, 5) is 14.4. The van der Waals surface area contributed by atoms with E-state index in [1.807, 2.05) is 0 Å². The van der Waals surface area contributed by atoms with Crippen molar-refractivity contribution in [3.63, 3.8) is 0 Å². The fourth-order valence-electron chi connectivity index (χ4n) is 1.40. The van der Waals surface area contributed by atoms with Crippen LogP contribution in [0.4, 0.5) is 0 Å². The minimum atomic E-state index is 0.234. The highest BCUT2D eigenvalue weighted by Gasteiger charge is 2.04. The molecule has 1 aromatic carbocycles. The Labute approximate surface area is 92.6 Å². The molecule has 0 atom stereocenters. The Bertz CT molecular complexity index is 473. The third-order valence-electron chi connectivity index (χ3n) is 2.18. The summed E-state index contributed by atoms with van der Waals surface area (Å²) >= 11 is 0. The molecule has 0 aliphatic rings. The number of phenolic OH excluding ortho intramolecular Hbond substituents is 1. The first kappa shape index (κ1) is 10.4. The molecule has 0 saturated heterocycles. The molecule has 0 spiro atoms. The standard InChI is InChI=1S/C12H11NO3/c14-6-5-10-8-16-12(13-10)7-9-1-3-11(15)4-2-9/h1-4,6,8,15H,5,7H2. The number of hydrogen-bond acceptors (Lipinski definition) is 4. The molecule has 0 aliphatic heterocycles. The maximum atomic E-state index is 10.3. The quantitative estimate of drug-likeness (QED) is 0.792. The highest BCUT2D eigenvalue weighted by Crippen LogP contribution is 2.13. The zero-order valence-electron chi connectivity index (χ0n) is 8.59. The number of aromatic nitrogens is 1. The van der Waals surface area contributed by atoms with Crippen LogP contribution >= 0.6 is 0 Å². The lowest BCUT2D eigenvalue weighted by molar-refractivity contribution is -0.107. The molecule has 0 saturated carbocycles. The van der Waals surface area contributed by atoms with Gasteiger partial charge in [0.05, 0.1) is 5.69 Å². The molecule has 82 valence electrons. The van der Waals surface area contributed by atoms with E-state index in [4.69, 9.17) is 9.52 Å². The zero-order chi connectivity index (χ0) is 11.4. The number of aldehydes is 1. The van der Waals surface area contributed by atoms with Gasteiger partial charge < -0.3 is 14.3 Å². The largest absolute Gasteiger partial charge is 0.508 e. The van der Waals surface area contributed by atoms with E-state index in [1.165, 1.54) is 6.26 Å². The third-order valence-corrected chi connectivity index (χ3v) is 2.18. The van der Waals surface area contributed by atoms with Crippen LogP contribution in [0, 0.1) is 0 Å². The van der Waals surface area contributed by atoms with Crippen LogP contribution in [0.15, 0.2) is 34.9 Å². The maximum Gasteiger partial charge on any atom is 0.198 e. The summed E-state index contributed by atoms with van der Waals surface area (Å²) in [7, 11) is 0. The lowest BCUT2D eigenvalue weighted by Crippen LogP contribution is -1.90. The average Bonchev–Trinajstić information content (AvgIpc) is 2.70. The monoisotopic (exact) mass is 217 g/mol. The Morgan fingerprint density at radius 2 is 2.06 bits per heavy atom. The summed E-state index contributed by atoms with van der Waals surface area (Å²) in [6, 6.07) is 6.84. The highest BCUT2D eigenvalue weighted by atomic mass is 16.3. The van der Waals surface area contributed by atoms with Gasteiger partial charge in [0.2, 0.25) is 0 Å². The highest BCUT2D eigenvalue weighted by molar-refractivity contribution is 5.53. The first-order valence-electron chi connectivity index (χ1n) is 4.93. The fraction of sp³-hybridized carbons (Fsp3) is 0.167. The fourth-order valence-corrected chi connectivity index (χ4v) is 1.40. The molecule has 0 radical (unpaired) electrons. The molecule has 4 heteroatoms. The van der Waals surface area contributed by atoms with Gasteiger partial charge in [0, 0.05) is 12.8 Å². The smallest absolute Gasteiger partial charge is 0.198 e. The minimum absolute atomic E-state index is 0.234. The van der Waals surface area contributed by atoms with Crippen LogP contribution in [-0.2, 0) is 17.6 Å². The van der Waals surface area contributed by atoms with Gasteiger partial charge in [-0.05, 0) is 17.7 Å². The van der Waals surface area contributed by atoms with Gasteiger partial charge in [0.25, 0.3) is 0 Å². The van der Waals surface area contributed by atoms with E-state index in [-0.39, 0.29) is 12.2 Å². The predicted molar refractivity (Wildman–Crippen MR) is 57.2 cm³/mol. The van der Waals surface area contributed by atoms with Gasteiger partial charge in [-0.3, -0.25) is 0 Å². The Hall–Kier alpha value is -2.10. The molecule has 2 rings (SSSR count). The van der Waals surface area contributed by atoms with Crippen LogP contribution in [-0.4, -0.2) is 16.4 Å². The van der Waals surface area contributed by atoms with Crippen molar-refractivity contribution in [1.82, 2.24) is 4.98 Å². The number of phenols is 1. The van der Waals surface area contributed by atoms with Crippen molar-refractivity contribution < 1.29 is 14.3 Å². The molecule has 2 aromatic rings. The van der Waals surface area contributed by atoms with E-state index < -0.39 is 0 Å². The molecular weight excluding hydrogens is 206 g/mol. The van der Waals surface area contributed by atoms with Gasteiger partial charge in [-0.15, -0.1) is 0 Å². The summed E-state index contributed by atoms with van der Waals surface area (Å²) in [5.74, 6) is 0.806. The van der Waals surface area contributed by atoms with E-state index in [9.17, 15) is 4.79 Å². The first-order chi connectivity index (χ1) is 7.78. The molecular formula is C12H11NO3. The Morgan fingerprint density at radius 1 is 1.31 bits per heavy atom. The molecule has 0 fully saturated rings. The van der Waals surface area contributed by atoms with Crippen LogP contribution in [0.5, 0.6) is 5.75 Å². The number of carbonyl (C=O) groups excluding carboxylic acids is 1. The second kappa shape index (κ2) is 4.61. The van der Waals surface area contributed by atoms with Crippen LogP contribution in [0.25, 0.3) is 0 Å². The lowest BCUT2D eigenvalue weighted by Gasteiger charge is -1.97. The Kier molecular flexibility index (Phi) is 3.00. The predicted octanol–water partition coefficient (Wildman–Crippen LogP) is 1.71. The van der Waals surface area contributed by atoms with Gasteiger partial charge >= 0.3 is 0 Å². The molecule has 0 bridgehead atoms. The molecule has 1 heterocycles. The zero-order valence-corrected chi connectivity index (χ0v) is 8.59. The molecule has 1 N–H and O–H groups in total. The van der Waals surface area contributed by atoms with Gasteiger partial charge in [0.1, 0.15) is 18.3 Å². The van der Waals surface area contributed by atoms with Crippen LogP contribution in [0.3, 0.4) is 0 Å². The topological polar surface area (TPSA) is 63.3 Å². The summed E-state index contributed by atoms with van der Waals surface area (Å²) in [5.41, 5.74) is 1.64. The van der Waals surface area contributed by atoms with E-state index >= 15 is 0 Å². The van der Waals surface area contributed by atoms with E-state index in [0.29, 0.717) is 18.0 Å². The van der Waals surface area contributed by atoms with Gasteiger partial charge in [-0.2, -0.15) is 0 Å². The summed E-state index contributed by atoms with van der Waals surface area (Å²) < 4.78 is 5.22. The lowest BCUT2D eigenvalue weighted by atomic mass is 10.1.